The molecule has 1 amide bonds. The fourth-order valence-electron chi connectivity index (χ4n) is 2.38. The summed E-state index contributed by atoms with van der Waals surface area (Å²) >= 11 is 0. The number of benzene rings is 2. The highest BCUT2D eigenvalue weighted by Crippen LogP contribution is 2.14. The number of nitro benzene ring substituents is 1. The first kappa shape index (κ1) is 16.3. The lowest BCUT2D eigenvalue weighted by Crippen LogP contribution is -2.24. The molecule has 25 heavy (non-hydrogen) atoms. The largest absolute Gasteiger partial charge is 0.321 e. The summed E-state index contributed by atoms with van der Waals surface area (Å²) in [7, 11) is 0. The minimum Gasteiger partial charge on any atom is -0.321 e. The van der Waals surface area contributed by atoms with E-state index < -0.39 is 4.92 Å². The predicted octanol–water partition coefficient (Wildman–Crippen LogP) is 2.48. The van der Waals surface area contributed by atoms with E-state index in [0.717, 1.165) is 11.0 Å². The molecule has 0 saturated heterocycles. The number of hydrogen-bond donors (Lipinski definition) is 1. The van der Waals surface area contributed by atoms with E-state index in [9.17, 15) is 14.9 Å². The van der Waals surface area contributed by atoms with E-state index >= 15 is 0 Å². The van der Waals surface area contributed by atoms with Gasteiger partial charge in [0.05, 0.1) is 28.0 Å². The summed E-state index contributed by atoms with van der Waals surface area (Å²) in [5, 5.41) is 14.8. The number of rotatable bonds is 5. The van der Waals surface area contributed by atoms with Crippen molar-refractivity contribution in [3.05, 3.63) is 70.5 Å². The van der Waals surface area contributed by atoms with Crippen LogP contribution in [-0.4, -0.2) is 26.1 Å². The minimum atomic E-state index is -0.473. The predicted molar refractivity (Wildman–Crippen MR) is 93.2 cm³/mol. The molecule has 0 aliphatic carbocycles. The van der Waals surface area contributed by atoms with Crippen molar-refractivity contribution >= 4 is 28.3 Å². The Hall–Kier alpha value is -3.55. The number of hydrogen-bond acceptors (Lipinski definition) is 5. The maximum Gasteiger partial charge on any atom is 0.270 e. The summed E-state index contributed by atoms with van der Waals surface area (Å²) in [5.41, 5.74) is 5.16. The lowest BCUT2D eigenvalue weighted by molar-refractivity contribution is -0.384. The molecule has 0 bridgehead atoms. The molecule has 126 valence electrons. The van der Waals surface area contributed by atoms with E-state index in [1.807, 2.05) is 24.3 Å². The topological polar surface area (TPSA) is 102 Å². The molecular weight excluding hydrogens is 322 g/mol. The Morgan fingerprint density at radius 3 is 2.88 bits per heavy atom. The highest BCUT2D eigenvalue weighted by Gasteiger charge is 2.09. The van der Waals surface area contributed by atoms with Gasteiger partial charge >= 0.3 is 0 Å². The van der Waals surface area contributed by atoms with Gasteiger partial charge in [-0.1, -0.05) is 24.3 Å². The van der Waals surface area contributed by atoms with Crippen molar-refractivity contribution < 1.29 is 9.72 Å². The van der Waals surface area contributed by atoms with Crippen molar-refractivity contribution in [3.63, 3.8) is 0 Å². The second kappa shape index (κ2) is 6.91. The first-order valence-corrected chi connectivity index (χ1v) is 7.52. The fourth-order valence-corrected chi connectivity index (χ4v) is 2.38. The number of hydrazone groups is 1. The maximum atomic E-state index is 12.1. The second-order valence-corrected chi connectivity index (χ2v) is 5.40. The third kappa shape index (κ3) is 3.69. The van der Waals surface area contributed by atoms with Crippen molar-refractivity contribution in [2.75, 3.05) is 0 Å². The number of amides is 1. The number of imidazole rings is 1. The van der Waals surface area contributed by atoms with E-state index in [4.69, 9.17) is 0 Å². The van der Waals surface area contributed by atoms with Crippen molar-refractivity contribution in [2.45, 2.75) is 13.5 Å². The van der Waals surface area contributed by atoms with Gasteiger partial charge in [0.15, 0.2) is 0 Å². The first-order valence-electron chi connectivity index (χ1n) is 7.52. The molecule has 0 fully saturated rings. The second-order valence-electron chi connectivity index (χ2n) is 5.40. The van der Waals surface area contributed by atoms with Crippen LogP contribution in [0.4, 0.5) is 5.69 Å². The van der Waals surface area contributed by atoms with Gasteiger partial charge in [-0.2, -0.15) is 5.10 Å². The number of fused-ring (bicyclic) bond motifs is 1. The highest BCUT2D eigenvalue weighted by atomic mass is 16.6. The zero-order valence-electron chi connectivity index (χ0n) is 13.4. The SMILES string of the molecule is CC(=NNC(=O)Cn1cnc2ccccc21)c1cccc([N+](=O)[O-])c1. The van der Waals surface area contributed by atoms with Crippen LogP contribution >= 0.6 is 0 Å². The molecule has 8 nitrogen and oxygen atoms in total. The lowest BCUT2D eigenvalue weighted by atomic mass is 10.1. The Balaban J connectivity index is 1.69. The van der Waals surface area contributed by atoms with Crippen LogP contribution in [-0.2, 0) is 11.3 Å². The number of nitrogens with one attached hydrogen (secondary N) is 1. The fraction of sp³-hybridized carbons (Fsp3) is 0.118. The molecular formula is C17H15N5O3. The van der Waals surface area contributed by atoms with E-state index in [1.54, 1.807) is 30.0 Å². The van der Waals surface area contributed by atoms with E-state index in [0.29, 0.717) is 11.3 Å². The Bertz CT molecular complexity index is 977. The zero-order chi connectivity index (χ0) is 17.8. The summed E-state index contributed by atoms with van der Waals surface area (Å²) in [6.45, 7) is 1.75. The van der Waals surface area contributed by atoms with Gasteiger partial charge in [0.2, 0.25) is 0 Å². The van der Waals surface area contributed by atoms with Crippen molar-refractivity contribution in [1.82, 2.24) is 15.0 Å². The minimum absolute atomic E-state index is 0.0248. The number of nitro groups is 1. The third-order valence-corrected chi connectivity index (χ3v) is 3.66. The van der Waals surface area contributed by atoms with Gasteiger partial charge in [-0.25, -0.2) is 10.4 Å². The van der Waals surface area contributed by atoms with E-state index in [1.165, 1.54) is 12.1 Å². The molecule has 0 aliphatic rings. The number of carbonyl (C=O) groups excluding carboxylic acids is 1. The number of carbonyl (C=O) groups is 1. The number of aromatic nitrogens is 2. The van der Waals surface area contributed by atoms with E-state index in [2.05, 4.69) is 15.5 Å². The smallest absolute Gasteiger partial charge is 0.270 e. The molecule has 1 heterocycles. The van der Waals surface area contributed by atoms with Crippen molar-refractivity contribution in [2.24, 2.45) is 5.10 Å². The molecule has 0 aliphatic heterocycles. The molecule has 3 aromatic rings. The molecule has 0 unspecified atom stereocenters. The molecule has 3 rings (SSSR count). The maximum absolute atomic E-state index is 12.1. The molecule has 1 aromatic heterocycles. The quantitative estimate of drug-likeness (QED) is 0.439. The highest BCUT2D eigenvalue weighted by molar-refractivity contribution is 5.99. The van der Waals surface area contributed by atoms with Crippen LogP contribution in [0, 0.1) is 10.1 Å². The Kier molecular flexibility index (Phi) is 4.51. The summed E-state index contributed by atoms with van der Waals surface area (Å²) in [6.07, 6.45) is 1.60. The molecule has 0 saturated carbocycles. The molecule has 1 N–H and O–H groups in total. The normalized spacial score (nSPS) is 11.5. The molecule has 0 atom stereocenters. The monoisotopic (exact) mass is 337 g/mol. The van der Waals surface area contributed by atoms with Gasteiger partial charge in [-0.3, -0.25) is 14.9 Å². The molecule has 0 radical (unpaired) electrons. The van der Waals surface area contributed by atoms with Crippen LogP contribution in [0.3, 0.4) is 0 Å². The average Bonchev–Trinajstić information content (AvgIpc) is 3.03. The summed E-state index contributed by atoms with van der Waals surface area (Å²) in [6, 6.07) is 13.6. The van der Waals surface area contributed by atoms with Gasteiger partial charge in [-0.15, -0.1) is 0 Å². The van der Waals surface area contributed by atoms with Gasteiger partial charge in [0, 0.05) is 17.7 Å². The van der Waals surface area contributed by atoms with Gasteiger partial charge in [0.25, 0.3) is 11.6 Å². The Labute approximate surface area is 142 Å². The molecule has 2 aromatic carbocycles. The van der Waals surface area contributed by atoms with Crippen LogP contribution in [0.15, 0.2) is 60.0 Å². The third-order valence-electron chi connectivity index (χ3n) is 3.66. The summed E-state index contributed by atoms with van der Waals surface area (Å²) in [4.78, 5) is 26.7. The van der Waals surface area contributed by atoms with Gasteiger partial charge < -0.3 is 4.57 Å². The molecule has 0 spiro atoms. The number of para-hydroxylation sites is 2. The average molecular weight is 337 g/mol. The van der Waals surface area contributed by atoms with Crippen LogP contribution in [0.2, 0.25) is 0 Å². The van der Waals surface area contributed by atoms with Crippen LogP contribution in [0.1, 0.15) is 12.5 Å². The summed E-state index contributed by atoms with van der Waals surface area (Å²) in [5.74, 6) is -0.312. The standard InChI is InChI=1S/C17H15N5O3/c1-12(13-5-4-6-14(9-13)22(24)25)19-20-17(23)10-21-11-18-15-7-2-3-8-16(15)21/h2-9,11H,10H2,1H3,(H,20,23). The van der Waals surface area contributed by atoms with Crippen molar-refractivity contribution in [3.8, 4) is 0 Å². The summed E-state index contributed by atoms with van der Waals surface area (Å²) < 4.78 is 1.73. The van der Waals surface area contributed by atoms with Gasteiger partial charge in [0.1, 0.15) is 6.54 Å². The van der Waals surface area contributed by atoms with Crippen LogP contribution in [0.5, 0.6) is 0 Å². The van der Waals surface area contributed by atoms with Crippen LogP contribution in [0.25, 0.3) is 11.0 Å². The van der Waals surface area contributed by atoms with Gasteiger partial charge in [-0.05, 0) is 19.1 Å². The number of non-ortho nitro benzene ring substituents is 1. The Morgan fingerprint density at radius 2 is 2.08 bits per heavy atom. The first-order chi connectivity index (χ1) is 12.0. The zero-order valence-corrected chi connectivity index (χ0v) is 13.4. The van der Waals surface area contributed by atoms with E-state index in [-0.39, 0.29) is 18.1 Å². The molecule has 8 heteroatoms. The Morgan fingerprint density at radius 1 is 1.28 bits per heavy atom. The van der Waals surface area contributed by atoms with Crippen LogP contribution < -0.4 is 5.43 Å². The van der Waals surface area contributed by atoms with Crippen molar-refractivity contribution in [1.29, 1.82) is 0 Å². The number of nitrogens with zero attached hydrogens (tertiary/aromatic N) is 4. The lowest BCUT2D eigenvalue weighted by Gasteiger charge is -2.05.